The molecule has 0 aliphatic carbocycles. The Morgan fingerprint density at radius 2 is 2.00 bits per heavy atom. The van der Waals surface area contributed by atoms with Crippen molar-refractivity contribution in [2.75, 3.05) is 24.6 Å². The maximum absolute atomic E-state index is 2.80. The molecule has 4 heteroatoms. The highest BCUT2D eigenvalue weighted by Crippen LogP contribution is 2.39. The molecule has 0 bridgehead atoms. The second-order valence-corrected chi connectivity index (χ2v) is 9.66. The van der Waals surface area contributed by atoms with Crippen LogP contribution in [0.1, 0.15) is 20.3 Å². The number of likely N-dealkylation sites (tertiary alicyclic amines) is 1. The fourth-order valence-corrected chi connectivity index (χ4v) is 7.48. The molecule has 0 aromatic carbocycles. The number of hydrogen-bond acceptors (Lipinski definition) is 4. The van der Waals surface area contributed by atoms with E-state index in [4.69, 9.17) is 0 Å². The number of thiophene rings is 1. The minimum Gasteiger partial charge on any atom is -0.298 e. The summed E-state index contributed by atoms with van der Waals surface area (Å²) in [6, 6.07) is 5.24. The Kier molecular flexibility index (Phi) is 4.83. The molecule has 3 rings (SSSR count). The number of nitrogens with zero attached hydrogens (tertiary/aromatic N) is 1. The predicted octanol–water partition coefficient (Wildman–Crippen LogP) is 4.30. The van der Waals surface area contributed by atoms with Crippen LogP contribution >= 0.6 is 34.9 Å². The molecule has 1 nitrogen and oxygen atoms in total. The second-order valence-electron chi connectivity index (χ2n) is 6.09. The Labute approximate surface area is 129 Å². The molecular weight excluding hydrogens is 290 g/mol. The van der Waals surface area contributed by atoms with Gasteiger partial charge in [-0.1, -0.05) is 19.9 Å². The summed E-state index contributed by atoms with van der Waals surface area (Å²) in [6.07, 6.45) is 1.42. The summed E-state index contributed by atoms with van der Waals surface area (Å²) in [5, 5.41) is 2.99. The van der Waals surface area contributed by atoms with Crippen molar-refractivity contribution < 1.29 is 0 Å². The van der Waals surface area contributed by atoms with Gasteiger partial charge in [0.2, 0.25) is 0 Å². The van der Waals surface area contributed by atoms with Gasteiger partial charge in [-0.3, -0.25) is 4.90 Å². The van der Waals surface area contributed by atoms with Crippen LogP contribution in [0.4, 0.5) is 0 Å². The third-order valence-corrected chi connectivity index (χ3v) is 7.90. The molecule has 106 valence electrons. The third kappa shape index (κ3) is 3.52. The van der Waals surface area contributed by atoms with Crippen molar-refractivity contribution in [3.05, 3.63) is 17.5 Å². The van der Waals surface area contributed by atoms with E-state index in [1.165, 1.54) is 35.2 Å². The van der Waals surface area contributed by atoms with Crippen LogP contribution in [0.25, 0.3) is 0 Å². The van der Waals surface area contributed by atoms with Gasteiger partial charge in [0.15, 0.2) is 0 Å². The van der Waals surface area contributed by atoms with E-state index in [0.717, 1.165) is 23.1 Å². The average Bonchev–Trinajstić information content (AvgIpc) is 2.99. The van der Waals surface area contributed by atoms with Crippen LogP contribution in [-0.2, 0) is 0 Å². The first-order valence-electron chi connectivity index (χ1n) is 7.24. The van der Waals surface area contributed by atoms with Crippen LogP contribution in [-0.4, -0.2) is 40.8 Å². The van der Waals surface area contributed by atoms with Crippen LogP contribution in [0.5, 0.6) is 0 Å². The third-order valence-electron chi connectivity index (χ3n) is 4.13. The largest absolute Gasteiger partial charge is 0.298 e. The van der Waals surface area contributed by atoms with E-state index >= 15 is 0 Å². The Morgan fingerprint density at radius 3 is 2.68 bits per heavy atom. The normalized spacial score (nSPS) is 36.7. The van der Waals surface area contributed by atoms with E-state index in [1.54, 1.807) is 0 Å². The van der Waals surface area contributed by atoms with Gasteiger partial charge in [-0.05, 0) is 29.7 Å². The van der Waals surface area contributed by atoms with Crippen molar-refractivity contribution in [2.24, 2.45) is 11.8 Å². The SMILES string of the molecule is CC1CC(C)CN(C2CSCC2Sc2cccs2)C1. The highest BCUT2D eigenvalue weighted by atomic mass is 32.2. The smallest absolute Gasteiger partial charge is 0.0602 e. The fourth-order valence-electron chi connectivity index (χ4n) is 3.44. The number of piperidine rings is 1. The summed E-state index contributed by atoms with van der Waals surface area (Å²) in [6.45, 7) is 7.48. The fraction of sp³-hybridized carbons (Fsp3) is 0.733. The Bertz CT molecular complexity index is 382. The number of hydrogen-bond donors (Lipinski definition) is 0. The molecule has 0 radical (unpaired) electrons. The number of rotatable bonds is 3. The quantitative estimate of drug-likeness (QED) is 0.819. The first kappa shape index (κ1) is 14.3. The molecule has 2 fully saturated rings. The summed E-state index contributed by atoms with van der Waals surface area (Å²) in [5.41, 5.74) is 0. The van der Waals surface area contributed by atoms with Crippen molar-refractivity contribution in [3.63, 3.8) is 0 Å². The molecule has 4 atom stereocenters. The van der Waals surface area contributed by atoms with Gasteiger partial charge in [0, 0.05) is 35.9 Å². The highest BCUT2D eigenvalue weighted by molar-refractivity contribution is 8.05. The van der Waals surface area contributed by atoms with Crippen molar-refractivity contribution in [1.29, 1.82) is 0 Å². The topological polar surface area (TPSA) is 3.24 Å². The van der Waals surface area contributed by atoms with Crippen LogP contribution in [0, 0.1) is 11.8 Å². The zero-order valence-corrected chi connectivity index (χ0v) is 14.2. The molecule has 4 unspecified atom stereocenters. The first-order valence-corrected chi connectivity index (χ1v) is 10.2. The Balaban J connectivity index is 1.65. The summed E-state index contributed by atoms with van der Waals surface area (Å²) in [4.78, 5) is 2.80. The number of thioether (sulfide) groups is 2. The minimum atomic E-state index is 0.793. The van der Waals surface area contributed by atoms with Gasteiger partial charge in [-0.25, -0.2) is 0 Å². The van der Waals surface area contributed by atoms with Gasteiger partial charge in [0.25, 0.3) is 0 Å². The molecule has 1 aromatic rings. The Morgan fingerprint density at radius 1 is 1.21 bits per heavy atom. The van der Waals surface area contributed by atoms with Crippen LogP contribution in [0.2, 0.25) is 0 Å². The van der Waals surface area contributed by atoms with Gasteiger partial charge < -0.3 is 0 Å². The molecule has 0 N–H and O–H groups in total. The first-order chi connectivity index (χ1) is 9.22. The van der Waals surface area contributed by atoms with E-state index in [0.29, 0.717) is 0 Å². The molecule has 0 spiro atoms. The zero-order chi connectivity index (χ0) is 13.2. The van der Waals surface area contributed by atoms with Gasteiger partial charge in [-0.15, -0.1) is 23.1 Å². The second kappa shape index (κ2) is 6.42. The summed E-state index contributed by atoms with van der Waals surface area (Å²) < 4.78 is 1.50. The van der Waals surface area contributed by atoms with E-state index in [1.807, 2.05) is 11.3 Å². The predicted molar refractivity (Wildman–Crippen MR) is 89.6 cm³/mol. The van der Waals surface area contributed by atoms with E-state index in [9.17, 15) is 0 Å². The van der Waals surface area contributed by atoms with Crippen LogP contribution in [0.3, 0.4) is 0 Å². The highest BCUT2D eigenvalue weighted by Gasteiger charge is 2.36. The van der Waals surface area contributed by atoms with Gasteiger partial charge in [-0.2, -0.15) is 11.8 Å². The summed E-state index contributed by atoms with van der Waals surface area (Å²) >= 11 is 6.16. The van der Waals surface area contributed by atoms with E-state index < -0.39 is 0 Å². The van der Waals surface area contributed by atoms with Gasteiger partial charge in [0.05, 0.1) is 4.21 Å². The lowest BCUT2D eigenvalue weighted by molar-refractivity contribution is 0.108. The van der Waals surface area contributed by atoms with Crippen molar-refractivity contribution in [2.45, 2.75) is 35.8 Å². The standard InChI is InChI=1S/C15H23NS3/c1-11-6-12(2)8-16(7-11)13-9-17-10-14(13)19-15-4-3-5-18-15/h3-5,11-14H,6-10H2,1-2H3. The zero-order valence-electron chi connectivity index (χ0n) is 11.7. The molecule has 0 saturated carbocycles. The maximum Gasteiger partial charge on any atom is 0.0602 e. The lowest BCUT2D eigenvalue weighted by Crippen LogP contribution is -2.48. The van der Waals surface area contributed by atoms with E-state index in [-0.39, 0.29) is 0 Å². The Hall–Kier alpha value is 0.360. The molecule has 0 amide bonds. The minimum absolute atomic E-state index is 0.793. The van der Waals surface area contributed by atoms with Crippen molar-refractivity contribution in [1.82, 2.24) is 4.90 Å². The van der Waals surface area contributed by atoms with Gasteiger partial charge in [0.1, 0.15) is 0 Å². The van der Waals surface area contributed by atoms with Crippen LogP contribution in [0.15, 0.2) is 21.7 Å². The molecule has 1 aromatic heterocycles. The van der Waals surface area contributed by atoms with Crippen LogP contribution < -0.4 is 0 Å². The van der Waals surface area contributed by atoms with E-state index in [2.05, 4.69) is 59.8 Å². The molecular formula is C15H23NS3. The molecule has 2 aliphatic heterocycles. The summed E-state index contributed by atoms with van der Waals surface area (Å²) in [5.74, 6) is 4.41. The maximum atomic E-state index is 2.80. The summed E-state index contributed by atoms with van der Waals surface area (Å²) in [7, 11) is 0. The lowest BCUT2D eigenvalue weighted by Gasteiger charge is -2.40. The molecule has 2 aliphatic rings. The van der Waals surface area contributed by atoms with Crippen molar-refractivity contribution >= 4 is 34.9 Å². The molecule has 2 saturated heterocycles. The monoisotopic (exact) mass is 313 g/mol. The molecule has 19 heavy (non-hydrogen) atoms. The molecule has 3 heterocycles. The lowest BCUT2D eigenvalue weighted by atomic mass is 9.91. The average molecular weight is 314 g/mol. The van der Waals surface area contributed by atoms with Gasteiger partial charge >= 0.3 is 0 Å². The van der Waals surface area contributed by atoms with Crippen molar-refractivity contribution in [3.8, 4) is 0 Å².